The zero-order valence-corrected chi connectivity index (χ0v) is 16.5. The van der Waals surface area contributed by atoms with Crippen LogP contribution in [0.3, 0.4) is 0 Å². The summed E-state index contributed by atoms with van der Waals surface area (Å²) in [5.41, 5.74) is -1.25. The number of hydrogen-bond acceptors (Lipinski definition) is 4. The second kappa shape index (κ2) is 8.00. The highest BCUT2D eigenvalue weighted by atomic mass is 32.2. The molecule has 156 valence electrons. The van der Waals surface area contributed by atoms with Crippen LogP contribution in [0.25, 0.3) is 0 Å². The summed E-state index contributed by atoms with van der Waals surface area (Å²) in [4.78, 5) is -0.630. The molecule has 0 spiro atoms. The Morgan fingerprint density at radius 1 is 1.17 bits per heavy atom. The number of nitrogens with zero attached hydrogens (tertiary/aromatic N) is 1. The number of ether oxygens (including phenoxy) is 1. The van der Waals surface area contributed by atoms with E-state index in [-0.39, 0.29) is 11.3 Å². The zero-order chi connectivity index (χ0) is 22.1. The van der Waals surface area contributed by atoms with Gasteiger partial charge in [-0.2, -0.15) is 5.26 Å². The molecule has 1 aliphatic rings. The van der Waals surface area contributed by atoms with Gasteiger partial charge < -0.3 is 4.74 Å². The third kappa shape index (κ3) is 4.06. The molecule has 2 N–H and O–H groups in total. The summed E-state index contributed by atoms with van der Waals surface area (Å²) in [6, 6.07) is 6.53. The molecule has 0 radical (unpaired) electrons. The van der Waals surface area contributed by atoms with Crippen LogP contribution in [0.5, 0.6) is 11.5 Å². The van der Waals surface area contributed by atoms with E-state index in [0.29, 0.717) is 0 Å². The Morgan fingerprint density at radius 2 is 1.79 bits per heavy atom. The van der Waals surface area contributed by atoms with Gasteiger partial charge in [0.25, 0.3) is 5.92 Å². The molecule has 0 saturated carbocycles. The molecule has 2 aromatic carbocycles. The van der Waals surface area contributed by atoms with Gasteiger partial charge >= 0.3 is 0 Å². The number of benzene rings is 2. The largest absolute Gasteiger partial charge is 0.457 e. The number of primary sulfonamides is 1. The molecule has 2 atom stereocenters. The first-order valence-electron chi connectivity index (χ1n) is 8.56. The van der Waals surface area contributed by atoms with Crippen molar-refractivity contribution in [1.82, 2.24) is 0 Å². The summed E-state index contributed by atoms with van der Waals surface area (Å²) in [6.07, 6.45) is -2.84. The first-order valence-corrected chi connectivity index (χ1v) is 10.1. The minimum Gasteiger partial charge on any atom is -0.457 e. The number of halogens is 4. The maximum absolute atomic E-state index is 14.5. The van der Waals surface area contributed by atoms with Crippen LogP contribution < -0.4 is 9.88 Å². The van der Waals surface area contributed by atoms with E-state index in [2.05, 4.69) is 0 Å². The molecule has 2 aromatic rings. The molecule has 0 bridgehead atoms. The molecule has 0 saturated heterocycles. The fraction of sp³-hybridized carbons (Fsp3) is 0.316. The third-order valence-corrected chi connectivity index (χ3v) is 5.31. The Hall–Kier alpha value is -2.64. The van der Waals surface area contributed by atoms with Gasteiger partial charge in [-0.25, -0.2) is 31.1 Å². The van der Waals surface area contributed by atoms with Crippen LogP contribution in [0.15, 0.2) is 35.2 Å². The van der Waals surface area contributed by atoms with Crippen molar-refractivity contribution in [2.75, 3.05) is 0 Å². The van der Waals surface area contributed by atoms with Crippen LogP contribution in [-0.4, -0.2) is 14.3 Å². The molecule has 5 nitrogen and oxygen atoms in total. The van der Waals surface area contributed by atoms with Crippen LogP contribution in [0.1, 0.15) is 49.6 Å². The van der Waals surface area contributed by atoms with Gasteiger partial charge in [0.1, 0.15) is 17.3 Å². The predicted molar refractivity (Wildman–Crippen MR) is 97.6 cm³/mol. The summed E-state index contributed by atoms with van der Waals surface area (Å²) in [5.74, 6) is -7.13. The van der Waals surface area contributed by atoms with Gasteiger partial charge in [-0.15, -0.1) is 0 Å². The highest BCUT2D eigenvalue weighted by molar-refractivity contribution is 7.89. The number of nitriles is 1. The number of sulfonamides is 1. The Balaban J connectivity index is 0.00000145. The first kappa shape index (κ1) is 22.6. The molecule has 29 heavy (non-hydrogen) atoms. The quantitative estimate of drug-likeness (QED) is 0.699. The summed E-state index contributed by atoms with van der Waals surface area (Å²) < 4.78 is 85.3. The summed E-state index contributed by atoms with van der Waals surface area (Å²) >= 11 is 0. The van der Waals surface area contributed by atoms with Gasteiger partial charge in [0, 0.05) is 11.6 Å². The van der Waals surface area contributed by atoms with Crippen molar-refractivity contribution in [3.8, 4) is 17.6 Å². The van der Waals surface area contributed by atoms with E-state index in [1.165, 1.54) is 0 Å². The van der Waals surface area contributed by atoms with Crippen LogP contribution in [0.2, 0.25) is 0 Å². The second-order valence-electron chi connectivity index (χ2n) is 6.08. The smallest absolute Gasteiger partial charge is 0.289 e. The molecule has 0 amide bonds. The van der Waals surface area contributed by atoms with Crippen LogP contribution >= 0.6 is 0 Å². The molecule has 0 aromatic heterocycles. The van der Waals surface area contributed by atoms with E-state index < -0.39 is 55.6 Å². The van der Waals surface area contributed by atoms with E-state index >= 15 is 0 Å². The van der Waals surface area contributed by atoms with Crippen molar-refractivity contribution in [2.45, 2.75) is 43.7 Å². The fourth-order valence-corrected chi connectivity index (χ4v) is 3.91. The van der Waals surface area contributed by atoms with Gasteiger partial charge in [-0.3, -0.25) is 0 Å². The summed E-state index contributed by atoms with van der Waals surface area (Å²) in [6.45, 7) is 4.98. The van der Waals surface area contributed by atoms with Gasteiger partial charge in [-0.05, 0) is 29.8 Å². The van der Waals surface area contributed by atoms with Crippen molar-refractivity contribution >= 4 is 10.0 Å². The molecule has 3 rings (SSSR count). The van der Waals surface area contributed by atoms with Crippen LogP contribution in [0, 0.1) is 17.1 Å². The highest BCUT2D eigenvalue weighted by Gasteiger charge is 2.57. The first-order chi connectivity index (χ1) is 13.5. The van der Waals surface area contributed by atoms with E-state index in [1.807, 2.05) is 13.8 Å². The minimum absolute atomic E-state index is 0.0988. The average molecular weight is 430 g/mol. The van der Waals surface area contributed by atoms with Crippen molar-refractivity contribution in [1.29, 1.82) is 5.26 Å². The number of hydrogen-bond donors (Lipinski definition) is 1. The predicted octanol–water partition coefficient (Wildman–Crippen LogP) is 4.93. The molecule has 0 aliphatic heterocycles. The van der Waals surface area contributed by atoms with Crippen LogP contribution in [0.4, 0.5) is 17.6 Å². The molecule has 1 aliphatic carbocycles. The Morgan fingerprint density at radius 3 is 2.34 bits per heavy atom. The lowest BCUT2D eigenvalue weighted by Crippen LogP contribution is -2.23. The number of nitrogens with two attached hydrogens (primary N) is 1. The Labute approximate surface area is 165 Å². The maximum Gasteiger partial charge on any atom is 0.289 e. The number of fused-ring (bicyclic) bond motifs is 1. The highest BCUT2D eigenvalue weighted by Crippen LogP contribution is 2.58. The molecular weight excluding hydrogens is 412 g/mol. The number of rotatable bonds is 3. The monoisotopic (exact) mass is 430 g/mol. The topological polar surface area (TPSA) is 93.2 Å². The molecular formula is C19H18F4N2O3S. The molecule has 0 fully saturated rings. The van der Waals surface area contributed by atoms with Crippen LogP contribution in [-0.2, 0) is 10.0 Å². The lowest BCUT2D eigenvalue weighted by Gasteiger charge is -2.17. The summed E-state index contributed by atoms with van der Waals surface area (Å²) in [7, 11) is -4.40. The third-order valence-electron chi connectivity index (χ3n) is 4.34. The minimum atomic E-state index is -4.40. The fourth-order valence-electron chi connectivity index (χ4n) is 3.06. The Bertz CT molecular complexity index is 1080. The van der Waals surface area contributed by atoms with Gasteiger partial charge in [0.2, 0.25) is 10.0 Å². The van der Waals surface area contributed by atoms with Crippen molar-refractivity contribution in [3.05, 3.63) is 52.8 Å². The van der Waals surface area contributed by atoms with Crippen molar-refractivity contribution in [3.63, 3.8) is 0 Å². The van der Waals surface area contributed by atoms with Gasteiger partial charge in [0.15, 0.2) is 6.17 Å². The maximum atomic E-state index is 14.5. The zero-order valence-electron chi connectivity index (χ0n) is 15.7. The van der Waals surface area contributed by atoms with E-state index in [4.69, 9.17) is 15.1 Å². The molecule has 0 heterocycles. The average Bonchev–Trinajstić information content (AvgIpc) is 2.83. The van der Waals surface area contributed by atoms with E-state index in [0.717, 1.165) is 37.3 Å². The summed E-state index contributed by atoms with van der Waals surface area (Å²) in [5, 5.41) is 13.9. The van der Waals surface area contributed by atoms with E-state index in [1.54, 1.807) is 6.07 Å². The Kier molecular flexibility index (Phi) is 6.25. The van der Waals surface area contributed by atoms with Crippen molar-refractivity contribution in [2.24, 2.45) is 5.14 Å². The lowest BCUT2D eigenvalue weighted by molar-refractivity contribution is -0.0785. The normalized spacial score (nSPS) is 19.6. The second-order valence-corrected chi connectivity index (χ2v) is 7.61. The standard InChI is InChI=1S/C17H12F4N2O3S.C2H6/c1-8-14-13(27(23,24)25)3-2-12(15(14)16(19)17(8,20)21)26-11-5-9(7-22)4-10(18)6-11;1-2/h2-6,8,16H,1H3,(H2,23,24,25);1-2H3. The SMILES string of the molecule is CC.CC1c2c(S(N)(=O)=O)ccc(Oc3cc(F)cc(C#N)c3)c2C(F)C1(F)F. The van der Waals surface area contributed by atoms with Gasteiger partial charge in [-0.1, -0.05) is 20.8 Å². The number of alkyl halides is 3. The van der Waals surface area contributed by atoms with Crippen molar-refractivity contribution < 1.29 is 30.7 Å². The van der Waals surface area contributed by atoms with E-state index in [9.17, 15) is 26.0 Å². The van der Waals surface area contributed by atoms with Gasteiger partial charge in [0.05, 0.1) is 22.4 Å². The molecule has 2 unspecified atom stereocenters. The molecule has 10 heteroatoms. The lowest BCUT2D eigenvalue weighted by atomic mass is 10.0.